The van der Waals surface area contributed by atoms with E-state index < -0.39 is 6.09 Å². The van der Waals surface area contributed by atoms with Crippen molar-refractivity contribution in [3.05, 3.63) is 29.5 Å². The molecule has 0 radical (unpaired) electrons. The van der Waals surface area contributed by atoms with Crippen LogP contribution in [0.5, 0.6) is 0 Å². The predicted octanol–water partition coefficient (Wildman–Crippen LogP) is 1.65. The van der Waals surface area contributed by atoms with Crippen molar-refractivity contribution in [2.75, 3.05) is 18.5 Å². The lowest BCUT2D eigenvalue weighted by atomic mass is 10.0. The van der Waals surface area contributed by atoms with E-state index in [1.54, 1.807) is 11.9 Å². The molecule has 2 aliphatic heterocycles. The highest BCUT2D eigenvalue weighted by Gasteiger charge is 2.31. The van der Waals surface area contributed by atoms with Crippen molar-refractivity contribution in [3.63, 3.8) is 0 Å². The van der Waals surface area contributed by atoms with Crippen LogP contribution >= 0.6 is 0 Å². The molecule has 0 spiro atoms. The van der Waals surface area contributed by atoms with Crippen LogP contribution in [-0.4, -0.2) is 40.2 Å². The predicted molar refractivity (Wildman–Crippen MR) is 77.5 cm³/mol. The summed E-state index contributed by atoms with van der Waals surface area (Å²) in [5.74, 6) is 0.0639. The maximum absolute atomic E-state index is 12.2. The first-order chi connectivity index (χ1) is 10.1. The zero-order chi connectivity index (χ0) is 14.7. The van der Waals surface area contributed by atoms with Gasteiger partial charge in [0.1, 0.15) is 6.54 Å². The van der Waals surface area contributed by atoms with Crippen LogP contribution in [0.15, 0.2) is 18.2 Å². The Bertz CT molecular complexity index is 793. The first kappa shape index (κ1) is 12.3. The number of likely N-dealkylation sites (N-methyl/N-ethyl adjacent to an activating group) is 1. The average Bonchev–Trinajstić information content (AvgIpc) is 2.79. The molecule has 1 aromatic carbocycles. The number of carbonyl (C=O) groups is 2. The summed E-state index contributed by atoms with van der Waals surface area (Å²) in [7, 11) is 1.79. The Morgan fingerprint density at radius 1 is 1.29 bits per heavy atom. The van der Waals surface area contributed by atoms with E-state index in [2.05, 4.69) is 4.57 Å². The maximum atomic E-state index is 12.2. The second kappa shape index (κ2) is 4.00. The standard InChI is InChI=1S/C15H15N3O3/c1-16-12-4-2-3-9-10-7-17(15(20)21)6-5-11(10)18(14(9)12)8-13(16)19/h2-4H,5-8H2,1H3,(H,20,21). The molecule has 0 bridgehead atoms. The molecule has 3 heterocycles. The number of para-hydroxylation sites is 1. The van der Waals surface area contributed by atoms with Gasteiger partial charge in [-0.05, 0) is 6.07 Å². The number of aromatic nitrogens is 1. The van der Waals surface area contributed by atoms with Gasteiger partial charge in [0.2, 0.25) is 5.91 Å². The molecule has 0 aliphatic carbocycles. The van der Waals surface area contributed by atoms with E-state index in [9.17, 15) is 14.7 Å². The van der Waals surface area contributed by atoms with Crippen molar-refractivity contribution in [2.24, 2.45) is 0 Å². The number of benzene rings is 1. The number of fused-ring (bicyclic) bond motifs is 3. The minimum absolute atomic E-state index is 0.0639. The monoisotopic (exact) mass is 285 g/mol. The van der Waals surface area contributed by atoms with Crippen LogP contribution < -0.4 is 4.90 Å². The SMILES string of the molecule is CN1C(=O)Cn2c3c(c4cccc1c42)CN(C(=O)O)CC3. The lowest BCUT2D eigenvalue weighted by Crippen LogP contribution is -2.37. The van der Waals surface area contributed by atoms with E-state index in [1.165, 1.54) is 4.90 Å². The molecule has 0 atom stereocenters. The largest absolute Gasteiger partial charge is 0.465 e. The van der Waals surface area contributed by atoms with Gasteiger partial charge in [-0.1, -0.05) is 12.1 Å². The summed E-state index contributed by atoms with van der Waals surface area (Å²) in [6.07, 6.45) is -0.229. The zero-order valence-electron chi connectivity index (χ0n) is 11.7. The summed E-state index contributed by atoms with van der Waals surface area (Å²) in [4.78, 5) is 26.5. The maximum Gasteiger partial charge on any atom is 0.407 e. The number of amides is 2. The van der Waals surface area contributed by atoms with Gasteiger partial charge in [0.25, 0.3) is 0 Å². The fourth-order valence-electron chi connectivity index (χ4n) is 3.47. The van der Waals surface area contributed by atoms with Crippen molar-refractivity contribution in [2.45, 2.75) is 19.5 Å². The third kappa shape index (κ3) is 1.53. The van der Waals surface area contributed by atoms with E-state index in [1.807, 2.05) is 18.2 Å². The smallest absolute Gasteiger partial charge is 0.407 e. The highest BCUT2D eigenvalue weighted by molar-refractivity contribution is 6.07. The third-order valence-electron chi connectivity index (χ3n) is 4.55. The van der Waals surface area contributed by atoms with E-state index >= 15 is 0 Å². The summed E-state index contributed by atoms with van der Waals surface area (Å²) in [6.45, 7) is 1.22. The zero-order valence-corrected chi connectivity index (χ0v) is 11.7. The molecule has 0 unspecified atom stereocenters. The van der Waals surface area contributed by atoms with Gasteiger partial charge >= 0.3 is 6.09 Å². The van der Waals surface area contributed by atoms with Crippen molar-refractivity contribution >= 4 is 28.6 Å². The molecule has 2 amide bonds. The van der Waals surface area contributed by atoms with Crippen molar-refractivity contribution in [1.29, 1.82) is 0 Å². The normalized spacial score (nSPS) is 17.3. The lowest BCUT2D eigenvalue weighted by molar-refractivity contribution is -0.119. The van der Waals surface area contributed by atoms with Crippen LogP contribution in [0.1, 0.15) is 11.3 Å². The van der Waals surface area contributed by atoms with Crippen LogP contribution in [0.25, 0.3) is 10.9 Å². The van der Waals surface area contributed by atoms with Gasteiger partial charge in [-0.2, -0.15) is 0 Å². The van der Waals surface area contributed by atoms with Gasteiger partial charge in [0.15, 0.2) is 0 Å². The Kier molecular flexibility index (Phi) is 2.34. The van der Waals surface area contributed by atoms with Gasteiger partial charge < -0.3 is 19.5 Å². The van der Waals surface area contributed by atoms with Gasteiger partial charge in [0, 0.05) is 36.7 Å². The minimum Gasteiger partial charge on any atom is -0.465 e. The first-order valence-corrected chi connectivity index (χ1v) is 6.95. The number of rotatable bonds is 0. The molecule has 0 saturated carbocycles. The summed E-state index contributed by atoms with van der Waals surface area (Å²) >= 11 is 0. The summed E-state index contributed by atoms with van der Waals surface area (Å²) in [6, 6.07) is 5.89. The van der Waals surface area contributed by atoms with Crippen molar-refractivity contribution in [3.8, 4) is 0 Å². The quantitative estimate of drug-likeness (QED) is 0.800. The molecule has 1 N–H and O–H groups in total. The van der Waals surface area contributed by atoms with Crippen molar-refractivity contribution < 1.29 is 14.7 Å². The fraction of sp³-hybridized carbons (Fsp3) is 0.333. The Balaban J connectivity index is 1.99. The second-order valence-corrected chi connectivity index (χ2v) is 5.59. The molecule has 108 valence electrons. The third-order valence-corrected chi connectivity index (χ3v) is 4.55. The van der Waals surface area contributed by atoms with Gasteiger partial charge in [-0.25, -0.2) is 4.79 Å². The molecule has 21 heavy (non-hydrogen) atoms. The summed E-state index contributed by atoms with van der Waals surface area (Å²) in [5.41, 5.74) is 4.11. The van der Waals surface area contributed by atoms with Crippen LogP contribution in [0.4, 0.5) is 10.5 Å². The molecule has 2 aromatic rings. The van der Waals surface area contributed by atoms with E-state index in [0.29, 0.717) is 26.1 Å². The Morgan fingerprint density at radius 2 is 2.10 bits per heavy atom. The van der Waals surface area contributed by atoms with Gasteiger partial charge in [-0.15, -0.1) is 0 Å². The summed E-state index contributed by atoms with van der Waals surface area (Å²) < 4.78 is 2.07. The van der Waals surface area contributed by atoms with Gasteiger partial charge in [0.05, 0.1) is 17.7 Å². The lowest BCUT2D eigenvalue weighted by Gasteiger charge is -2.28. The van der Waals surface area contributed by atoms with Crippen LogP contribution in [0.3, 0.4) is 0 Å². The molecule has 4 rings (SSSR count). The molecular formula is C15H15N3O3. The van der Waals surface area contributed by atoms with Crippen LogP contribution in [-0.2, 0) is 24.3 Å². The average molecular weight is 285 g/mol. The molecular weight excluding hydrogens is 270 g/mol. The number of hydrogen-bond acceptors (Lipinski definition) is 2. The Morgan fingerprint density at radius 3 is 2.86 bits per heavy atom. The number of hydrogen-bond donors (Lipinski definition) is 1. The topological polar surface area (TPSA) is 65.8 Å². The van der Waals surface area contributed by atoms with E-state index in [4.69, 9.17) is 0 Å². The molecule has 1 aromatic heterocycles. The van der Waals surface area contributed by atoms with E-state index in [0.717, 1.165) is 27.8 Å². The minimum atomic E-state index is -0.888. The van der Waals surface area contributed by atoms with Gasteiger partial charge in [-0.3, -0.25) is 4.79 Å². The number of anilines is 1. The summed E-state index contributed by atoms with van der Waals surface area (Å²) in [5, 5.41) is 10.3. The Hall–Kier alpha value is -2.50. The molecule has 0 fully saturated rings. The highest BCUT2D eigenvalue weighted by Crippen LogP contribution is 2.38. The van der Waals surface area contributed by atoms with Crippen LogP contribution in [0, 0.1) is 0 Å². The highest BCUT2D eigenvalue weighted by atomic mass is 16.4. The first-order valence-electron chi connectivity index (χ1n) is 6.95. The fourth-order valence-corrected chi connectivity index (χ4v) is 3.47. The van der Waals surface area contributed by atoms with E-state index in [-0.39, 0.29) is 5.91 Å². The molecule has 2 aliphatic rings. The number of carboxylic acid groups (broad SMARTS) is 1. The number of nitrogens with zero attached hydrogens (tertiary/aromatic N) is 3. The Labute approximate surface area is 121 Å². The van der Waals surface area contributed by atoms with Crippen molar-refractivity contribution in [1.82, 2.24) is 9.47 Å². The molecule has 6 nitrogen and oxygen atoms in total. The number of carbonyl (C=O) groups excluding carboxylic acids is 1. The molecule has 6 heteroatoms. The van der Waals surface area contributed by atoms with Crippen LogP contribution in [0.2, 0.25) is 0 Å². The second-order valence-electron chi connectivity index (χ2n) is 5.59. The molecule has 0 saturated heterocycles.